The second-order valence-electron chi connectivity index (χ2n) is 6.80. The van der Waals surface area contributed by atoms with Crippen molar-refractivity contribution in [3.8, 4) is 0 Å². The predicted octanol–water partition coefficient (Wildman–Crippen LogP) is 3.82. The van der Waals surface area contributed by atoms with Gasteiger partial charge in [0.15, 0.2) is 0 Å². The highest BCUT2D eigenvalue weighted by atomic mass is 35.5. The summed E-state index contributed by atoms with van der Waals surface area (Å²) < 4.78 is 0. The highest BCUT2D eigenvalue weighted by molar-refractivity contribution is 6.18. The average Bonchev–Trinajstić information content (AvgIpc) is 2.94. The maximum atomic E-state index is 12.7. The summed E-state index contributed by atoms with van der Waals surface area (Å²) in [6.07, 6.45) is 11.4. The van der Waals surface area contributed by atoms with Gasteiger partial charge >= 0.3 is 0 Å². The Kier molecular flexibility index (Phi) is 4.36. The molecule has 3 aliphatic rings. The monoisotopic (exact) mass is 283 g/mol. The van der Waals surface area contributed by atoms with Crippen LogP contribution in [0.25, 0.3) is 0 Å². The van der Waals surface area contributed by atoms with Crippen molar-refractivity contribution in [2.24, 2.45) is 17.8 Å². The molecule has 4 atom stereocenters. The molecule has 1 amide bonds. The largest absolute Gasteiger partial charge is 0.338 e. The third kappa shape index (κ3) is 2.79. The molecule has 0 radical (unpaired) electrons. The molecule has 4 unspecified atom stereocenters. The van der Waals surface area contributed by atoms with Crippen LogP contribution in [0.2, 0.25) is 0 Å². The number of alkyl halides is 1. The smallest absolute Gasteiger partial charge is 0.225 e. The van der Waals surface area contributed by atoms with E-state index >= 15 is 0 Å². The summed E-state index contributed by atoms with van der Waals surface area (Å²) in [5.74, 6) is 3.12. The van der Waals surface area contributed by atoms with Gasteiger partial charge in [0.1, 0.15) is 0 Å². The van der Waals surface area contributed by atoms with E-state index in [1.165, 1.54) is 32.1 Å². The Morgan fingerprint density at radius 1 is 1.00 bits per heavy atom. The van der Waals surface area contributed by atoms with E-state index in [1.807, 2.05) is 0 Å². The van der Waals surface area contributed by atoms with Crippen molar-refractivity contribution in [1.82, 2.24) is 4.90 Å². The first-order valence-corrected chi connectivity index (χ1v) is 8.69. The SMILES string of the molecule is O=C(C1CCC2CCCCC2C1)N1CCCC1CCl. The topological polar surface area (TPSA) is 20.3 Å². The summed E-state index contributed by atoms with van der Waals surface area (Å²) in [5, 5.41) is 0. The third-order valence-electron chi connectivity index (χ3n) is 5.73. The number of fused-ring (bicyclic) bond motifs is 1. The van der Waals surface area contributed by atoms with Crippen LogP contribution in [0, 0.1) is 17.8 Å². The number of likely N-dealkylation sites (tertiary alicyclic amines) is 1. The van der Waals surface area contributed by atoms with E-state index < -0.39 is 0 Å². The van der Waals surface area contributed by atoms with Crippen molar-refractivity contribution >= 4 is 17.5 Å². The van der Waals surface area contributed by atoms with Gasteiger partial charge in [-0.25, -0.2) is 0 Å². The Morgan fingerprint density at radius 3 is 2.58 bits per heavy atom. The third-order valence-corrected chi connectivity index (χ3v) is 6.08. The number of nitrogens with zero attached hydrogens (tertiary/aromatic N) is 1. The molecule has 3 heteroatoms. The van der Waals surface area contributed by atoms with Gasteiger partial charge in [-0.1, -0.05) is 25.7 Å². The Balaban J connectivity index is 1.61. The molecule has 0 bridgehead atoms. The van der Waals surface area contributed by atoms with Crippen LogP contribution in [0.15, 0.2) is 0 Å². The van der Waals surface area contributed by atoms with Gasteiger partial charge in [0.05, 0.1) is 0 Å². The molecule has 3 rings (SSSR count). The molecule has 2 saturated carbocycles. The first kappa shape index (κ1) is 13.7. The van der Waals surface area contributed by atoms with Crippen LogP contribution in [0.5, 0.6) is 0 Å². The lowest BCUT2D eigenvalue weighted by Crippen LogP contribution is -2.43. The minimum Gasteiger partial charge on any atom is -0.338 e. The summed E-state index contributed by atoms with van der Waals surface area (Å²) in [4.78, 5) is 14.8. The van der Waals surface area contributed by atoms with E-state index in [0.717, 1.165) is 44.1 Å². The number of amides is 1. The molecule has 1 aliphatic heterocycles. The van der Waals surface area contributed by atoms with Gasteiger partial charge in [-0.15, -0.1) is 11.6 Å². The molecule has 0 aromatic heterocycles. The first-order chi connectivity index (χ1) is 9.29. The number of halogens is 1. The molecule has 0 aromatic rings. The van der Waals surface area contributed by atoms with E-state index in [-0.39, 0.29) is 0 Å². The summed E-state index contributed by atoms with van der Waals surface area (Å²) in [6, 6.07) is 0.318. The van der Waals surface area contributed by atoms with Gasteiger partial charge in [-0.3, -0.25) is 4.79 Å². The quantitative estimate of drug-likeness (QED) is 0.706. The fraction of sp³-hybridized carbons (Fsp3) is 0.938. The minimum atomic E-state index is 0.308. The molecule has 108 valence electrons. The normalized spacial score (nSPS) is 39.1. The van der Waals surface area contributed by atoms with E-state index in [4.69, 9.17) is 11.6 Å². The maximum Gasteiger partial charge on any atom is 0.225 e. The van der Waals surface area contributed by atoms with Crippen LogP contribution in [0.1, 0.15) is 57.8 Å². The van der Waals surface area contributed by atoms with Crippen LogP contribution in [0.4, 0.5) is 0 Å². The molecule has 0 spiro atoms. The van der Waals surface area contributed by atoms with Gasteiger partial charge in [0.25, 0.3) is 0 Å². The lowest BCUT2D eigenvalue weighted by Gasteiger charge is -2.40. The summed E-state index contributed by atoms with van der Waals surface area (Å²) in [5.41, 5.74) is 0. The Labute approximate surface area is 121 Å². The number of hydrogen-bond acceptors (Lipinski definition) is 1. The van der Waals surface area contributed by atoms with Crippen molar-refractivity contribution in [3.63, 3.8) is 0 Å². The van der Waals surface area contributed by atoms with Gasteiger partial charge < -0.3 is 4.90 Å². The van der Waals surface area contributed by atoms with Crippen molar-refractivity contribution in [2.45, 2.75) is 63.8 Å². The van der Waals surface area contributed by atoms with Crippen LogP contribution in [0.3, 0.4) is 0 Å². The number of carbonyl (C=O) groups excluding carboxylic acids is 1. The molecule has 19 heavy (non-hydrogen) atoms. The average molecular weight is 284 g/mol. The lowest BCUT2D eigenvalue weighted by atomic mass is 9.67. The van der Waals surface area contributed by atoms with Crippen molar-refractivity contribution in [3.05, 3.63) is 0 Å². The molecule has 1 saturated heterocycles. The van der Waals surface area contributed by atoms with Crippen molar-refractivity contribution in [1.29, 1.82) is 0 Å². The minimum absolute atomic E-state index is 0.308. The zero-order valence-corrected chi connectivity index (χ0v) is 12.6. The predicted molar refractivity (Wildman–Crippen MR) is 78.2 cm³/mol. The molecule has 3 fully saturated rings. The van der Waals surface area contributed by atoms with Crippen LogP contribution < -0.4 is 0 Å². The highest BCUT2D eigenvalue weighted by Crippen LogP contribution is 2.43. The number of hydrogen-bond donors (Lipinski definition) is 0. The number of rotatable bonds is 2. The van der Waals surface area contributed by atoms with Crippen molar-refractivity contribution in [2.75, 3.05) is 12.4 Å². The summed E-state index contributed by atoms with van der Waals surface area (Å²) in [6.45, 7) is 0.945. The second-order valence-corrected chi connectivity index (χ2v) is 7.11. The Bertz CT molecular complexity index is 333. The van der Waals surface area contributed by atoms with Crippen LogP contribution in [-0.4, -0.2) is 29.3 Å². The molecule has 0 N–H and O–H groups in total. The van der Waals surface area contributed by atoms with E-state index in [2.05, 4.69) is 4.90 Å². The lowest BCUT2D eigenvalue weighted by molar-refractivity contribution is -0.138. The van der Waals surface area contributed by atoms with E-state index in [1.54, 1.807) is 0 Å². The second kappa shape index (κ2) is 6.03. The molecule has 1 heterocycles. The molecular formula is C16H26ClNO. The van der Waals surface area contributed by atoms with Gasteiger partial charge in [0.2, 0.25) is 5.91 Å². The standard InChI is InChI=1S/C16H26ClNO/c17-11-15-6-3-9-18(15)16(19)14-8-7-12-4-1-2-5-13(12)10-14/h12-15H,1-11H2. The molecule has 2 nitrogen and oxygen atoms in total. The molecule has 0 aromatic carbocycles. The highest BCUT2D eigenvalue weighted by Gasteiger charge is 2.38. The zero-order valence-electron chi connectivity index (χ0n) is 11.8. The van der Waals surface area contributed by atoms with Crippen LogP contribution >= 0.6 is 11.6 Å². The van der Waals surface area contributed by atoms with Gasteiger partial charge in [-0.05, 0) is 43.9 Å². The van der Waals surface area contributed by atoms with E-state index in [0.29, 0.717) is 23.7 Å². The summed E-state index contributed by atoms with van der Waals surface area (Å²) >= 11 is 6.00. The van der Waals surface area contributed by atoms with Gasteiger partial charge in [-0.2, -0.15) is 0 Å². The summed E-state index contributed by atoms with van der Waals surface area (Å²) in [7, 11) is 0. The fourth-order valence-corrected chi connectivity index (χ4v) is 4.94. The van der Waals surface area contributed by atoms with E-state index in [9.17, 15) is 4.79 Å². The van der Waals surface area contributed by atoms with Crippen molar-refractivity contribution < 1.29 is 4.79 Å². The zero-order chi connectivity index (χ0) is 13.2. The first-order valence-electron chi connectivity index (χ1n) is 8.16. The maximum absolute atomic E-state index is 12.7. The Hall–Kier alpha value is -0.240. The number of carbonyl (C=O) groups is 1. The molecule has 2 aliphatic carbocycles. The Morgan fingerprint density at radius 2 is 1.79 bits per heavy atom. The van der Waals surface area contributed by atoms with Crippen LogP contribution in [-0.2, 0) is 4.79 Å². The van der Waals surface area contributed by atoms with Gasteiger partial charge in [0, 0.05) is 24.4 Å². The molecular weight excluding hydrogens is 258 g/mol. The fourth-order valence-electron chi connectivity index (χ4n) is 4.62.